The van der Waals surface area contributed by atoms with E-state index in [0.717, 1.165) is 81.1 Å². The van der Waals surface area contributed by atoms with Crippen LogP contribution in [0.4, 0.5) is 17.6 Å². The van der Waals surface area contributed by atoms with Gasteiger partial charge in [0.05, 0.1) is 20.7 Å². The van der Waals surface area contributed by atoms with Gasteiger partial charge in [-0.2, -0.15) is 0 Å². The molecule has 0 aliphatic heterocycles. The zero-order valence-corrected chi connectivity index (χ0v) is 26.5. The van der Waals surface area contributed by atoms with E-state index >= 15 is 0 Å². The maximum Gasteiger partial charge on any atom is 0.197 e. The molecule has 47 heavy (non-hydrogen) atoms. The van der Waals surface area contributed by atoms with Gasteiger partial charge in [0.1, 0.15) is 0 Å². The Bertz CT molecular complexity index is 2330. The van der Waals surface area contributed by atoms with Gasteiger partial charge in [-0.1, -0.05) is 19.3 Å². The number of fused-ring (bicyclic) bond motifs is 9. The number of halogens is 4. The molecule has 0 bridgehead atoms. The largest absolute Gasteiger partial charge is 0.288 e. The first-order chi connectivity index (χ1) is 22.6. The maximum atomic E-state index is 13.9. The van der Waals surface area contributed by atoms with Crippen LogP contribution in [0.2, 0.25) is 0 Å². The molecule has 1 saturated carbocycles. The van der Waals surface area contributed by atoms with Crippen LogP contribution in [0.5, 0.6) is 0 Å². The molecule has 3 heterocycles. The Balaban J connectivity index is 1.12. The van der Waals surface area contributed by atoms with Gasteiger partial charge in [-0.3, -0.25) is 19.2 Å². The highest BCUT2D eigenvalue weighted by Crippen LogP contribution is 2.63. The molecular weight excluding hydrogens is 669 g/mol. The molecule has 4 nitrogen and oxygen atoms in total. The molecule has 4 aliphatic carbocycles. The second-order valence-corrected chi connectivity index (χ2v) is 15.5. The molecule has 0 N–H and O–H groups in total. The van der Waals surface area contributed by atoms with Gasteiger partial charge in [0.25, 0.3) is 0 Å². The first-order valence-corrected chi connectivity index (χ1v) is 17.3. The van der Waals surface area contributed by atoms with Gasteiger partial charge < -0.3 is 0 Å². The molecule has 5 aromatic rings. The molecule has 0 radical (unpaired) electrons. The fourth-order valence-electron chi connectivity index (χ4n) is 7.57. The summed E-state index contributed by atoms with van der Waals surface area (Å²) in [5.41, 5.74) is 1.29. The molecule has 4 aliphatic rings. The lowest BCUT2D eigenvalue weighted by Crippen LogP contribution is -2.27. The number of rotatable bonds is 2. The van der Waals surface area contributed by atoms with E-state index in [9.17, 15) is 36.7 Å². The van der Waals surface area contributed by atoms with Crippen LogP contribution < -0.4 is 0 Å². The van der Waals surface area contributed by atoms with Crippen molar-refractivity contribution in [3.05, 3.63) is 114 Å². The number of carbonyl (C=O) groups is 4. The molecule has 1 spiro atoms. The van der Waals surface area contributed by atoms with E-state index in [-0.39, 0.29) is 38.8 Å². The summed E-state index contributed by atoms with van der Waals surface area (Å²) >= 11 is 4.56. The van der Waals surface area contributed by atoms with Crippen molar-refractivity contribution in [1.82, 2.24) is 0 Å². The van der Waals surface area contributed by atoms with E-state index in [1.807, 2.05) is 12.1 Å². The van der Waals surface area contributed by atoms with Crippen molar-refractivity contribution in [2.75, 3.05) is 0 Å². The predicted octanol–water partition coefficient (Wildman–Crippen LogP) is 9.74. The molecule has 11 heteroatoms. The van der Waals surface area contributed by atoms with Gasteiger partial charge in [-0.25, -0.2) is 17.6 Å². The number of ketones is 4. The Hall–Kier alpha value is -4.32. The average Bonchev–Trinajstić information content (AvgIpc) is 3.85. The van der Waals surface area contributed by atoms with Gasteiger partial charge in [-0.15, -0.1) is 34.0 Å². The number of carbonyl (C=O) groups excluding carboxylic acids is 4. The molecule has 232 valence electrons. The normalized spacial score (nSPS) is 17.6. The standard InChI is InChI=1S/C36H18F4O4S3/c37-23-10-16-17(11-24(23)38)30(42)20(29(16)41)6-14-8-22-33(45-14)35-28(36(22)4-2-1-3-5-36)34-27(47-35)9-15(46-34)7-21-31(43)18-12-25(39)26(40)13-19(18)32(21)44/h6-13H,1-5H2. The predicted molar refractivity (Wildman–Crippen MR) is 173 cm³/mol. The summed E-state index contributed by atoms with van der Waals surface area (Å²) in [4.78, 5) is 55.7. The Kier molecular flexibility index (Phi) is 6.05. The average molecular weight is 687 g/mol. The van der Waals surface area contributed by atoms with Crippen molar-refractivity contribution < 1.29 is 36.7 Å². The van der Waals surface area contributed by atoms with Crippen molar-refractivity contribution in [3.63, 3.8) is 0 Å². The highest BCUT2D eigenvalue weighted by molar-refractivity contribution is 7.32. The van der Waals surface area contributed by atoms with Gasteiger partial charge in [0.2, 0.25) is 0 Å². The summed E-state index contributed by atoms with van der Waals surface area (Å²) in [5.74, 6) is -7.22. The van der Waals surface area contributed by atoms with Crippen molar-refractivity contribution >= 4 is 78.7 Å². The molecular formula is C36H18F4O4S3. The number of benzene rings is 2. The monoisotopic (exact) mass is 686 g/mol. The van der Waals surface area contributed by atoms with E-state index in [1.54, 1.807) is 11.3 Å². The van der Waals surface area contributed by atoms with Crippen LogP contribution in [-0.4, -0.2) is 23.1 Å². The number of thiophene rings is 3. The molecule has 2 aromatic carbocycles. The van der Waals surface area contributed by atoms with E-state index < -0.39 is 46.4 Å². The van der Waals surface area contributed by atoms with Crippen molar-refractivity contribution in [2.24, 2.45) is 0 Å². The highest BCUT2D eigenvalue weighted by atomic mass is 32.1. The van der Waals surface area contributed by atoms with Crippen molar-refractivity contribution in [2.45, 2.75) is 37.5 Å². The number of hydrogen-bond acceptors (Lipinski definition) is 7. The van der Waals surface area contributed by atoms with Crippen LogP contribution in [0.25, 0.3) is 31.3 Å². The maximum absolute atomic E-state index is 13.9. The fraction of sp³-hybridized carbons (Fsp3) is 0.167. The van der Waals surface area contributed by atoms with Crippen LogP contribution in [0.15, 0.2) is 47.5 Å². The number of allylic oxidation sites excluding steroid dienone is 2. The summed E-state index contributed by atoms with van der Waals surface area (Å²) in [5, 5.41) is 0. The molecule has 0 atom stereocenters. The van der Waals surface area contributed by atoms with Crippen LogP contribution in [0, 0.1) is 23.3 Å². The molecule has 1 fully saturated rings. The summed E-state index contributed by atoms with van der Waals surface area (Å²) < 4.78 is 57.5. The van der Waals surface area contributed by atoms with Crippen LogP contribution >= 0.6 is 34.0 Å². The lowest BCUT2D eigenvalue weighted by Gasteiger charge is -2.35. The minimum Gasteiger partial charge on any atom is -0.288 e. The van der Waals surface area contributed by atoms with Gasteiger partial charge in [0.15, 0.2) is 46.4 Å². The van der Waals surface area contributed by atoms with Crippen molar-refractivity contribution in [1.29, 1.82) is 0 Å². The zero-order valence-electron chi connectivity index (χ0n) is 24.0. The van der Waals surface area contributed by atoms with Gasteiger partial charge in [-0.05, 0) is 67.0 Å². The second kappa shape index (κ2) is 9.85. The van der Waals surface area contributed by atoms with Crippen molar-refractivity contribution in [3.8, 4) is 9.75 Å². The van der Waals surface area contributed by atoms with E-state index in [4.69, 9.17) is 0 Å². The first kappa shape index (κ1) is 28.9. The lowest BCUT2D eigenvalue weighted by molar-refractivity contribution is 0.0975. The molecule has 0 unspecified atom stereocenters. The molecule has 3 aromatic heterocycles. The molecule has 9 rings (SSSR count). The summed E-state index contributed by atoms with van der Waals surface area (Å²) in [7, 11) is 0. The smallest absolute Gasteiger partial charge is 0.197 e. The van der Waals surface area contributed by atoms with Gasteiger partial charge in [0, 0.05) is 52.6 Å². The Morgan fingerprint density at radius 3 is 1.51 bits per heavy atom. The van der Waals surface area contributed by atoms with E-state index in [0.29, 0.717) is 9.75 Å². The SMILES string of the molecule is O=C1C(=Cc2cc3c(s2)-c2sc4cc(C=C5C(=O)c6cc(F)c(F)cc6C5=O)sc4c2C32CCCCC2)C(=O)c2cc(F)c(F)cc21. The third kappa shape index (κ3) is 3.90. The number of Topliss-reactive ketones (excluding diaryl/α,β-unsaturated/α-hetero) is 4. The minimum atomic E-state index is -1.18. The van der Waals surface area contributed by atoms with E-state index in [1.165, 1.54) is 40.4 Å². The topological polar surface area (TPSA) is 68.3 Å². The molecule has 0 saturated heterocycles. The third-order valence-electron chi connectivity index (χ3n) is 9.69. The number of hydrogen-bond donors (Lipinski definition) is 0. The van der Waals surface area contributed by atoms with Crippen LogP contribution in [-0.2, 0) is 5.41 Å². The van der Waals surface area contributed by atoms with Crippen LogP contribution in [0.3, 0.4) is 0 Å². The summed E-state index contributed by atoms with van der Waals surface area (Å²) in [6.45, 7) is 0. The fourth-order valence-corrected chi connectivity index (χ4v) is 11.7. The Morgan fingerprint density at radius 1 is 0.553 bits per heavy atom. The summed E-state index contributed by atoms with van der Waals surface area (Å²) in [6.07, 6.45) is 7.99. The van der Waals surface area contributed by atoms with Crippen LogP contribution in [0.1, 0.15) is 94.4 Å². The quantitative estimate of drug-likeness (QED) is 0.105. The van der Waals surface area contributed by atoms with E-state index in [2.05, 4.69) is 0 Å². The molecule has 0 amide bonds. The highest BCUT2D eigenvalue weighted by Gasteiger charge is 2.48. The Labute approximate surface area is 275 Å². The Morgan fingerprint density at radius 2 is 1.02 bits per heavy atom. The zero-order chi connectivity index (χ0) is 32.5. The minimum absolute atomic E-state index is 0.115. The first-order valence-electron chi connectivity index (χ1n) is 14.9. The second-order valence-electron chi connectivity index (χ2n) is 12.2. The third-order valence-corrected chi connectivity index (χ3v) is 13.3. The summed E-state index contributed by atoms with van der Waals surface area (Å²) in [6, 6.07) is 7.07. The lowest BCUT2D eigenvalue weighted by atomic mass is 9.68. The van der Waals surface area contributed by atoms with Gasteiger partial charge >= 0.3 is 0 Å².